The van der Waals surface area contributed by atoms with E-state index in [4.69, 9.17) is 4.74 Å². The summed E-state index contributed by atoms with van der Waals surface area (Å²) in [5.41, 5.74) is -1.11. The molecule has 0 heterocycles. The van der Waals surface area contributed by atoms with Gasteiger partial charge in [0.25, 0.3) is 0 Å². The lowest BCUT2D eigenvalue weighted by Crippen LogP contribution is -2.68. The van der Waals surface area contributed by atoms with Crippen molar-refractivity contribution < 1.29 is 24.2 Å². The molecule has 7 atom stereocenters. The molecule has 1 aromatic carbocycles. The van der Waals surface area contributed by atoms with E-state index in [-0.39, 0.29) is 34.7 Å². The molecule has 1 aromatic rings. The maximum absolute atomic E-state index is 13.8. The van der Waals surface area contributed by atoms with E-state index in [9.17, 15) is 19.5 Å². The first-order valence-corrected chi connectivity index (χ1v) is 11.8. The summed E-state index contributed by atoms with van der Waals surface area (Å²) in [6.07, 6.45) is 1.31. The molecule has 1 N–H and O–H groups in total. The normalized spacial score (nSPS) is 42.2. The van der Waals surface area contributed by atoms with Crippen molar-refractivity contribution in [1.82, 2.24) is 0 Å². The van der Waals surface area contributed by atoms with Crippen molar-refractivity contribution in [2.45, 2.75) is 65.1 Å². The highest BCUT2D eigenvalue weighted by atomic mass is 16.5. The summed E-state index contributed by atoms with van der Waals surface area (Å²) in [5, 5.41) is 11.6. The van der Waals surface area contributed by atoms with E-state index >= 15 is 0 Å². The van der Waals surface area contributed by atoms with Gasteiger partial charge >= 0.3 is 5.97 Å². The van der Waals surface area contributed by atoms with Crippen LogP contribution in [0.4, 0.5) is 0 Å². The van der Waals surface area contributed by atoms with Gasteiger partial charge in [-0.2, -0.15) is 0 Å². The molecule has 170 valence electrons. The predicted octanol–water partition coefficient (Wildman–Crippen LogP) is 4.14. The summed E-state index contributed by atoms with van der Waals surface area (Å²) in [6, 6.07) is 8.78. The molecule has 0 aromatic heterocycles. The fourth-order valence-electron chi connectivity index (χ4n) is 8.04. The number of hydrogen-bond acceptors (Lipinski definition) is 5. The van der Waals surface area contributed by atoms with E-state index in [1.165, 1.54) is 0 Å². The Labute approximate surface area is 189 Å². The summed E-state index contributed by atoms with van der Waals surface area (Å²) in [4.78, 5) is 39.6. The zero-order valence-corrected chi connectivity index (χ0v) is 19.1. The molecule has 0 amide bonds. The second kappa shape index (κ2) is 6.86. The van der Waals surface area contributed by atoms with E-state index in [1.807, 2.05) is 19.9 Å². The Morgan fingerprint density at radius 2 is 1.78 bits per heavy atom. The van der Waals surface area contributed by atoms with Crippen LogP contribution < -0.4 is 0 Å². The van der Waals surface area contributed by atoms with Crippen molar-refractivity contribution in [2.24, 2.45) is 34.0 Å². The summed E-state index contributed by atoms with van der Waals surface area (Å²) in [5.74, 6) is -0.830. The van der Waals surface area contributed by atoms with Gasteiger partial charge in [0.05, 0.1) is 17.1 Å². The van der Waals surface area contributed by atoms with Crippen molar-refractivity contribution in [3.05, 3.63) is 48.0 Å². The topological polar surface area (TPSA) is 80.7 Å². The number of carbonyl (C=O) groups excluding carboxylic acids is 3. The Morgan fingerprint density at radius 3 is 2.47 bits per heavy atom. The second-order valence-corrected chi connectivity index (χ2v) is 11.2. The molecular weight excluding hydrogens is 404 g/mol. The van der Waals surface area contributed by atoms with Crippen LogP contribution in [0.2, 0.25) is 0 Å². The van der Waals surface area contributed by atoms with Crippen LogP contribution in [-0.2, 0) is 14.3 Å². The highest BCUT2D eigenvalue weighted by Gasteiger charge is 2.75. The first-order valence-electron chi connectivity index (χ1n) is 11.8. The molecule has 0 aliphatic heterocycles. The number of fused-ring (bicyclic) bond motifs is 3. The molecule has 5 rings (SSSR count). The summed E-state index contributed by atoms with van der Waals surface area (Å²) in [6.45, 7) is 10.2. The van der Waals surface area contributed by atoms with Crippen molar-refractivity contribution in [3.8, 4) is 0 Å². The highest BCUT2D eigenvalue weighted by Crippen LogP contribution is 2.71. The molecule has 5 unspecified atom stereocenters. The second-order valence-electron chi connectivity index (χ2n) is 11.2. The smallest absolute Gasteiger partial charge is 0.338 e. The number of ketones is 2. The quantitative estimate of drug-likeness (QED) is 0.557. The molecule has 32 heavy (non-hydrogen) atoms. The molecule has 4 aliphatic rings. The molecule has 2 bridgehead atoms. The Hall–Kier alpha value is -2.27. The largest absolute Gasteiger partial charge is 0.457 e. The summed E-state index contributed by atoms with van der Waals surface area (Å²) < 4.78 is 6.09. The van der Waals surface area contributed by atoms with Gasteiger partial charge in [-0.1, -0.05) is 45.5 Å². The number of rotatable bonds is 2. The van der Waals surface area contributed by atoms with E-state index in [1.54, 1.807) is 24.3 Å². The van der Waals surface area contributed by atoms with E-state index in [0.717, 1.165) is 6.42 Å². The van der Waals surface area contributed by atoms with E-state index < -0.39 is 29.0 Å². The average molecular weight is 437 g/mol. The Balaban J connectivity index is 1.60. The monoisotopic (exact) mass is 436 g/mol. The third kappa shape index (κ3) is 2.52. The summed E-state index contributed by atoms with van der Waals surface area (Å²) in [7, 11) is 0. The number of aliphatic hydroxyl groups is 1. The van der Waals surface area contributed by atoms with Crippen molar-refractivity contribution in [3.63, 3.8) is 0 Å². The Morgan fingerprint density at radius 1 is 1.09 bits per heavy atom. The van der Waals surface area contributed by atoms with Gasteiger partial charge in [-0.25, -0.2) is 4.79 Å². The average Bonchev–Trinajstić information content (AvgIpc) is 2.89. The molecule has 1 spiro atoms. The minimum Gasteiger partial charge on any atom is -0.457 e. The van der Waals surface area contributed by atoms with Gasteiger partial charge in [-0.3, -0.25) is 9.59 Å². The fraction of sp³-hybridized carbons (Fsp3) is 0.593. The molecule has 5 heteroatoms. The molecule has 0 saturated heterocycles. The minimum absolute atomic E-state index is 0.0226. The number of benzene rings is 1. The molecule has 4 aliphatic carbocycles. The first kappa shape index (κ1) is 21.6. The fourth-order valence-corrected chi connectivity index (χ4v) is 8.04. The standard InChI is InChI=1S/C27H32O5/c1-15-17-10-11-18-26(4)13-12-20(28)25(2,3)19(26)14-21(29)27(18,22(15)30)23(17)32-24(31)16-8-6-5-7-9-16/h5-9,17-19,21,23,29H,1,10-14H2,2-4H3/t17?,18?,19-,21?,23?,26+,27?/m1/s1. The highest BCUT2D eigenvalue weighted by molar-refractivity contribution is 6.05. The zero-order valence-electron chi connectivity index (χ0n) is 19.1. The van der Waals surface area contributed by atoms with Crippen LogP contribution in [0.25, 0.3) is 0 Å². The van der Waals surface area contributed by atoms with Gasteiger partial charge in [0, 0.05) is 17.8 Å². The number of ether oxygens (including phenoxy) is 1. The number of hydrogen-bond donors (Lipinski definition) is 1. The van der Waals surface area contributed by atoms with Crippen LogP contribution in [0.1, 0.15) is 63.2 Å². The van der Waals surface area contributed by atoms with Gasteiger partial charge in [0.1, 0.15) is 11.9 Å². The SMILES string of the molecule is C=C1C(=O)C23C(O)C[C@@H]4C(C)(C)C(=O)CC[C@@]4(C)C2CCC1C3OC(=O)c1ccccc1. The van der Waals surface area contributed by atoms with E-state index in [0.29, 0.717) is 36.8 Å². The van der Waals surface area contributed by atoms with Crippen LogP contribution in [0.5, 0.6) is 0 Å². The zero-order chi connectivity index (χ0) is 23.1. The van der Waals surface area contributed by atoms with Gasteiger partial charge in [-0.15, -0.1) is 0 Å². The third-order valence-corrected chi connectivity index (χ3v) is 9.64. The Bertz CT molecular complexity index is 1010. The van der Waals surface area contributed by atoms with Crippen molar-refractivity contribution in [1.29, 1.82) is 0 Å². The number of carbonyl (C=O) groups is 3. The van der Waals surface area contributed by atoms with Crippen molar-refractivity contribution >= 4 is 17.5 Å². The van der Waals surface area contributed by atoms with Gasteiger partial charge < -0.3 is 9.84 Å². The molecule has 4 saturated carbocycles. The lowest BCUT2D eigenvalue weighted by atomic mass is 9.39. The van der Waals surface area contributed by atoms with Crippen LogP contribution >= 0.6 is 0 Å². The maximum Gasteiger partial charge on any atom is 0.338 e. The van der Waals surface area contributed by atoms with Gasteiger partial charge in [0.2, 0.25) is 0 Å². The molecule has 0 radical (unpaired) electrons. The lowest BCUT2D eigenvalue weighted by molar-refractivity contribution is -0.222. The molecular formula is C27H32O5. The van der Waals surface area contributed by atoms with E-state index in [2.05, 4.69) is 13.5 Å². The maximum atomic E-state index is 13.8. The number of esters is 1. The summed E-state index contributed by atoms with van der Waals surface area (Å²) >= 11 is 0. The van der Waals surface area contributed by atoms with Crippen LogP contribution in [0, 0.1) is 34.0 Å². The van der Waals surface area contributed by atoms with Gasteiger partial charge in [-0.05, 0) is 60.6 Å². The van der Waals surface area contributed by atoms with Crippen LogP contribution in [0.15, 0.2) is 42.5 Å². The predicted molar refractivity (Wildman–Crippen MR) is 119 cm³/mol. The lowest BCUT2D eigenvalue weighted by Gasteiger charge is -2.64. The van der Waals surface area contributed by atoms with Crippen LogP contribution in [0.3, 0.4) is 0 Å². The number of Topliss-reactive ketones (excluding diaryl/α,β-unsaturated/α-hetero) is 2. The number of aliphatic hydroxyl groups excluding tert-OH is 1. The van der Waals surface area contributed by atoms with Crippen LogP contribution in [-0.4, -0.2) is 34.9 Å². The van der Waals surface area contributed by atoms with Gasteiger partial charge in [0.15, 0.2) is 5.78 Å². The molecule has 4 fully saturated rings. The minimum atomic E-state index is -1.17. The Kier molecular flexibility index (Phi) is 4.63. The van der Waals surface area contributed by atoms with Crippen molar-refractivity contribution in [2.75, 3.05) is 0 Å². The third-order valence-electron chi connectivity index (χ3n) is 9.64. The first-order chi connectivity index (χ1) is 15.1. The molecule has 5 nitrogen and oxygen atoms in total.